The van der Waals surface area contributed by atoms with Crippen molar-refractivity contribution in [3.05, 3.63) is 81.9 Å². The molecule has 2 nitrogen and oxygen atoms in total. The zero-order valence-corrected chi connectivity index (χ0v) is 15.1. The summed E-state index contributed by atoms with van der Waals surface area (Å²) >= 11 is 5.60. The van der Waals surface area contributed by atoms with E-state index in [1.165, 1.54) is 12.1 Å². The fourth-order valence-electron chi connectivity index (χ4n) is 2.45. The van der Waals surface area contributed by atoms with Crippen LogP contribution in [0.2, 0.25) is 5.02 Å². The third kappa shape index (κ3) is 4.47. The van der Waals surface area contributed by atoms with Gasteiger partial charge >= 0.3 is 0 Å². The first-order chi connectivity index (χ1) is 13.0. The summed E-state index contributed by atoms with van der Waals surface area (Å²) in [4.78, 5) is 8.31. The number of hydrogen-bond donors (Lipinski definition) is 0. The fourth-order valence-corrected chi connectivity index (χ4v) is 2.57. The standard InChI is InChI=1S/C21H14ClF3N2/c1-2-3-14-11-26-21(27-12-14)15-9-18(23)16(19(24)10-15)6-4-13-5-7-17(22)20(25)8-13/h5,7-12H,2-3H2,1H3. The zero-order valence-electron chi connectivity index (χ0n) is 14.4. The SMILES string of the molecule is CCCc1cnc(-c2cc(F)c(C#Cc3ccc(Cl)c(F)c3)c(F)c2)nc1. The van der Waals surface area contributed by atoms with E-state index in [2.05, 4.69) is 21.8 Å². The summed E-state index contributed by atoms with van der Waals surface area (Å²) in [5, 5.41) is -0.0489. The molecular weight excluding hydrogens is 373 g/mol. The van der Waals surface area contributed by atoms with Crippen LogP contribution >= 0.6 is 11.6 Å². The number of halogens is 4. The van der Waals surface area contributed by atoms with Crippen molar-refractivity contribution in [3.8, 4) is 23.2 Å². The summed E-state index contributed by atoms with van der Waals surface area (Å²) in [6.45, 7) is 2.04. The third-order valence-electron chi connectivity index (χ3n) is 3.80. The Labute approximate surface area is 160 Å². The van der Waals surface area contributed by atoms with Gasteiger partial charge in [0, 0.05) is 23.5 Å². The molecule has 0 radical (unpaired) electrons. The van der Waals surface area contributed by atoms with Crippen LogP contribution in [0, 0.1) is 29.3 Å². The van der Waals surface area contributed by atoms with E-state index in [1.807, 2.05) is 6.92 Å². The summed E-state index contributed by atoms with van der Waals surface area (Å²) in [5.74, 6) is 2.83. The van der Waals surface area contributed by atoms with Crippen molar-refractivity contribution in [2.75, 3.05) is 0 Å². The van der Waals surface area contributed by atoms with E-state index < -0.39 is 23.0 Å². The molecule has 2 aromatic carbocycles. The molecule has 0 aliphatic carbocycles. The van der Waals surface area contributed by atoms with E-state index >= 15 is 0 Å². The minimum Gasteiger partial charge on any atom is -0.236 e. The molecule has 1 aromatic heterocycles. The third-order valence-corrected chi connectivity index (χ3v) is 4.10. The first-order valence-electron chi connectivity index (χ1n) is 8.25. The van der Waals surface area contributed by atoms with E-state index in [4.69, 9.17) is 11.6 Å². The van der Waals surface area contributed by atoms with Crippen molar-refractivity contribution in [2.45, 2.75) is 19.8 Å². The van der Waals surface area contributed by atoms with Crippen molar-refractivity contribution in [2.24, 2.45) is 0 Å². The van der Waals surface area contributed by atoms with E-state index in [9.17, 15) is 13.2 Å². The number of nitrogens with zero attached hydrogens (tertiary/aromatic N) is 2. The highest BCUT2D eigenvalue weighted by molar-refractivity contribution is 6.30. The minimum absolute atomic E-state index is 0.0489. The number of hydrogen-bond acceptors (Lipinski definition) is 2. The largest absolute Gasteiger partial charge is 0.236 e. The molecule has 0 spiro atoms. The van der Waals surface area contributed by atoms with Gasteiger partial charge in [0.2, 0.25) is 0 Å². The lowest BCUT2D eigenvalue weighted by atomic mass is 10.1. The Bertz CT molecular complexity index is 1010. The molecule has 0 saturated heterocycles. The van der Waals surface area contributed by atoms with Gasteiger partial charge in [0.05, 0.1) is 10.6 Å². The molecule has 1 heterocycles. The monoisotopic (exact) mass is 386 g/mol. The van der Waals surface area contributed by atoms with Crippen LogP contribution in [-0.4, -0.2) is 9.97 Å². The number of aromatic nitrogens is 2. The second kappa shape index (κ2) is 8.24. The van der Waals surface area contributed by atoms with Gasteiger partial charge < -0.3 is 0 Å². The summed E-state index contributed by atoms with van der Waals surface area (Å²) in [6, 6.07) is 6.16. The van der Waals surface area contributed by atoms with Crippen molar-refractivity contribution >= 4 is 11.6 Å². The van der Waals surface area contributed by atoms with Crippen LogP contribution in [0.15, 0.2) is 42.7 Å². The lowest BCUT2D eigenvalue weighted by molar-refractivity contribution is 0.578. The van der Waals surface area contributed by atoms with Gasteiger partial charge in [-0.3, -0.25) is 0 Å². The summed E-state index contributed by atoms with van der Waals surface area (Å²) < 4.78 is 42.1. The van der Waals surface area contributed by atoms with Crippen LogP contribution in [0.3, 0.4) is 0 Å². The molecule has 0 atom stereocenters. The second-order valence-electron chi connectivity index (χ2n) is 5.86. The molecule has 0 aliphatic rings. The maximum absolute atomic E-state index is 14.3. The molecule has 0 aliphatic heterocycles. The Hall–Kier alpha value is -2.84. The lowest BCUT2D eigenvalue weighted by Crippen LogP contribution is -1.96. The van der Waals surface area contributed by atoms with Crippen LogP contribution in [-0.2, 0) is 6.42 Å². The molecular formula is C21H14ClF3N2. The number of benzene rings is 2. The molecule has 6 heteroatoms. The maximum atomic E-state index is 14.3. The number of rotatable bonds is 3. The van der Waals surface area contributed by atoms with Crippen LogP contribution in [0.5, 0.6) is 0 Å². The zero-order chi connectivity index (χ0) is 19.4. The first kappa shape index (κ1) is 18.9. The van der Waals surface area contributed by atoms with Gasteiger partial charge in [-0.15, -0.1) is 0 Å². The van der Waals surface area contributed by atoms with Crippen LogP contribution in [0.4, 0.5) is 13.2 Å². The predicted molar refractivity (Wildman–Crippen MR) is 98.8 cm³/mol. The minimum atomic E-state index is -0.840. The van der Waals surface area contributed by atoms with Crippen LogP contribution in [0.25, 0.3) is 11.4 Å². The predicted octanol–water partition coefficient (Wildman–Crippen LogP) is 5.57. The molecule has 0 unspecified atom stereocenters. The average Bonchev–Trinajstić information content (AvgIpc) is 2.64. The highest BCUT2D eigenvalue weighted by Crippen LogP contribution is 2.22. The number of aryl methyl sites for hydroxylation is 1. The molecule has 136 valence electrons. The van der Waals surface area contributed by atoms with E-state index in [0.717, 1.165) is 36.6 Å². The van der Waals surface area contributed by atoms with Gasteiger partial charge in [0.1, 0.15) is 17.5 Å². The topological polar surface area (TPSA) is 25.8 Å². The Morgan fingerprint density at radius 2 is 1.59 bits per heavy atom. The highest BCUT2D eigenvalue weighted by Gasteiger charge is 2.12. The van der Waals surface area contributed by atoms with Gasteiger partial charge in [0.25, 0.3) is 0 Å². The summed E-state index contributed by atoms with van der Waals surface area (Å²) in [6.07, 6.45) is 5.08. The van der Waals surface area contributed by atoms with E-state index in [-0.39, 0.29) is 22.0 Å². The van der Waals surface area contributed by atoms with Gasteiger partial charge in [-0.05, 0) is 42.3 Å². The van der Waals surface area contributed by atoms with Crippen molar-refractivity contribution in [3.63, 3.8) is 0 Å². The quantitative estimate of drug-likeness (QED) is 0.550. The fraction of sp³-hybridized carbons (Fsp3) is 0.143. The Kier molecular flexibility index (Phi) is 5.78. The maximum Gasteiger partial charge on any atom is 0.159 e. The molecule has 3 rings (SSSR count). The summed E-state index contributed by atoms with van der Waals surface area (Å²) in [7, 11) is 0. The smallest absolute Gasteiger partial charge is 0.159 e. The highest BCUT2D eigenvalue weighted by atomic mass is 35.5. The van der Waals surface area contributed by atoms with E-state index in [0.29, 0.717) is 0 Å². The van der Waals surface area contributed by atoms with Gasteiger partial charge in [-0.2, -0.15) is 0 Å². The summed E-state index contributed by atoms with van der Waals surface area (Å²) in [5.41, 5.74) is 1.03. The normalized spacial score (nSPS) is 10.4. The van der Waals surface area contributed by atoms with Crippen molar-refractivity contribution in [1.29, 1.82) is 0 Å². The second-order valence-corrected chi connectivity index (χ2v) is 6.27. The molecule has 0 N–H and O–H groups in total. The van der Waals surface area contributed by atoms with Gasteiger partial charge in [0.15, 0.2) is 5.82 Å². The van der Waals surface area contributed by atoms with Gasteiger partial charge in [-0.1, -0.05) is 36.8 Å². The van der Waals surface area contributed by atoms with Gasteiger partial charge in [-0.25, -0.2) is 23.1 Å². The molecule has 0 bridgehead atoms. The Morgan fingerprint density at radius 3 is 2.19 bits per heavy atom. The lowest BCUT2D eigenvalue weighted by Gasteiger charge is -2.04. The van der Waals surface area contributed by atoms with E-state index in [1.54, 1.807) is 12.4 Å². The van der Waals surface area contributed by atoms with Crippen LogP contribution in [0.1, 0.15) is 30.0 Å². The van der Waals surface area contributed by atoms with Crippen LogP contribution < -0.4 is 0 Å². The molecule has 0 amide bonds. The Balaban J connectivity index is 1.91. The average molecular weight is 387 g/mol. The van der Waals surface area contributed by atoms with Crippen molar-refractivity contribution < 1.29 is 13.2 Å². The molecule has 0 fully saturated rings. The Morgan fingerprint density at radius 1 is 0.926 bits per heavy atom. The first-order valence-corrected chi connectivity index (χ1v) is 8.63. The molecule has 3 aromatic rings. The molecule has 27 heavy (non-hydrogen) atoms. The van der Waals surface area contributed by atoms with Crippen molar-refractivity contribution in [1.82, 2.24) is 9.97 Å². The molecule has 0 saturated carbocycles.